The molecule has 2 N–H and O–H groups in total. The van der Waals surface area contributed by atoms with Gasteiger partial charge in [-0.1, -0.05) is 6.92 Å². The van der Waals surface area contributed by atoms with Gasteiger partial charge in [-0.15, -0.1) is 11.3 Å². The number of hydrogen-bond acceptors (Lipinski definition) is 4. The third-order valence-corrected chi connectivity index (χ3v) is 3.87. The van der Waals surface area contributed by atoms with Crippen LogP contribution in [0.15, 0.2) is 29.8 Å². The van der Waals surface area contributed by atoms with Crippen LogP contribution in [0.5, 0.6) is 0 Å². The predicted molar refractivity (Wildman–Crippen MR) is 83.3 cm³/mol. The van der Waals surface area contributed by atoms with Crippen LogP contribution >= 0.6 is 11.3 Å². The summed E-state index contributed by atoms with van der Waals surface area (Å²) in [6, 6.07) is 4.95. The molecule has 1 heterocycles. The number of nitrogens with two attached hydrogens (primary N) is 1. The lowest BCUT2D eigenvalue weighted by molar-refractivity contribution is 0.0795. The lowest BCUT2D eigenvalue weighted by atomic mass is 10.0. The minimum atomic E-state index is -0.555. The summed E-state index contributed by atoms with van der Waals surface area (Å²) < 4.78 is 0. The highest BCUT2D eigenvalue weighted by atomic mass is 32.1. The van der Waals surface area contributed by atoms with Gasteiger partial charge in [-0.2, -0.15) is 0 Å². The second-order valence-electron chi connectivity index (χ2n) is 4.73. The van der Waals surface area contributed by atoms with Crippen LogP contribution in [0.1, 0.15) is 34.1 Å². The van der Waals surface area contributed by atoms with Gasteiger partial charge in [-0.25, -0.2) is 4.98 Å². The molecule has 110 valence electrons. The summed E-state index contributed by atoms with van der Waals surface area (Å²) in [4.78, 5) is 29.7. The molecule has 0 spiro atoms. The molecule has 1 aromatic heterocycles. The Morgan fingerprint density at radius 1 is 1.29 bits per heavy atom. The highest BCUT2D eigenvalue weighted by Crippen LogP contribution is 2.25. The monoisotopic (exact) mass is 303 g/mol. The van der Waals surface area contributed by atoms with E-state index in [1.807, 2.05) is 12.3 Å². The third-order valence-electron chi connectivity index (χ3n) is 3.05. The maximum absolute atomic E-state index is 12.4. The van der Waals surface area contributed by atoms with Crippen molar-refractivity contribution in [2.24, 2.45) is 5.73 Å². The van der Waals surface area contributed by atoms with Gasteiger partial charge in [0.1, 0.15) is 5.01 Å². The second-order valence-corrected chi connectivity index (χ2v) is 5.62. The molecule has 2 amide bonds. The van der Waals surface area contributed by atoms with E-state index in [0.29, 0.717) is 17.7 Å². The van der Waals surface area contributed by atoms with Gasteiger partial charge in [0.15, 0.2) is 0 Å². The van der Waals surface area contributed by atoms with E-state index in [1.54, 1.807) is 30.3 Å². The van der Waals surface area contributed by atoms with Crippen LogP contribution in [-0.4, -0.2) is 35.3 Å². The van der Waals surface area contributed by atoms with Crippen molar-refractivity contribution in [2.75, 3.05) is 13.6 Å². The zero-order valence-electron chi connectivity index (χ0n) is 12.0. The Labute approximate surface area is 127 Å². The number of benzene rings is 1. The smallest absolute Gasteiger partial charge is 0.253 e. The Balaban J connectivity index is 2.46. The van der Waals surface area contributed by atoms with E-state index < -0.39 is 5.91 Å². The predicted octanol–water partition coefficient (Wildman–Crippen LogP) is 2.39. The SMILES string of the molecule is CCCN(C)C(=O)c1cc(C(N)=O)cc(-c2nccs2)c1. The number of carbonyl (C=O) groups excluding carboxylic acids is 2. The van der Waals surface area contributed by atoms with Crippen LogP contribution in [0.2, 0.25) is 0 Å². The van der Waals surface area contributed by atoms with Crippen molar-refractivity contribution in [3.8, 4) is 10.6 Å². The molecule has 1 aromatic carbocycles. The Morgan fingerprint density at radius 3 is 2.57 bits per heavy atom. The topological polar surface area (TPSA) is 76.3 Å². The van der Waals surface area contributed by atoms with Crippen molar-refractivity contribution < 1.29 is 9.59 Å². The fourth-order valence-corrected chi connectivity index (χ4v) is 2.67. The first-order valence-electron chi connectivity index (χ1n) is 6.63. The first kappa shape index (κ1) is 15.2. The Hall–Kier alpha value is -2.21. The molecule has 2 aromatic rings. The Kier molecular flexibility index (Phi) is 4.70. The van der Waals surface area contributed by atoms with Gasteiger partial charge < -0.3 is 10.6 Å². The summed E-state index contributed by atoms with van der Waals surface area (Å²) in [7, 11) is 1.74. The van der Waals surface area contributed by atoms with Crippen molar-refractivity contribution in [2.45, 2.75) is 13.3 Å². The zero-order chi connectivity index (χ0) is 15.4. The summed E-state index contributed by atoms with van der Waals surface area (Å²) in [5.74, 6) is -0.682. The molecule has 0 fully saturated rings. The lowest BCUT2D eigenvalue weighted by Crippen LogP contribution is -2.27. The molecule has 2 rings (SSSR count). The Morgan fingerprint density at radius 2 is 2.00 bits per heavy atom. The van der Waals surface area contributed by atoms with Gasteiger partial charge in [-0.3, -0.25) is 9.59 Å². The molecule has 5 nitrogen and oxygen atoms in total. The van der Waals surface area contributed by atoms with Gasteiger partial charge in [0.25, 0.3) is 5.91 Å². The third kappa shape index (κ3) is 3.46. The number of nitrogens with zero attached hydrogens (tertiary/aromatic N) is 2. The normalized spacial score (nSPS) is 10.4. The van der Waals surface area contributed by atoms with Gasteiger partial charge in [-0.05, 0) is 24.6 Å². The van der Waals surface area contributed by atoms with E-state index in [-0.39, 0.29) is 5.91 Å². The molecular formula is C15H17N3O2S. The fourth-order valence-electron chi connectivity index (χ4n) is 2.04. The van der Waals surface area contributed by atoms with Crippen molar-refractivity contribution >= 4 is 23.2 Å². The number of rotatable bonds is 5. The molecule has 0 bridgehead atoms. The lowest BCUT2D eigenvalue weighted by Gasteiger charge is -2.17. The van der Waals surface area contributed by atoms with Crippen molar-refractivity contribution in [1.29, 1.82) is 0 Å². The number of carbonyl (C=O) groups is 2. The van der Waals surface area contributed by atoms with E-state index in [9.17, 15) is 9.59 Å². The standard InChI is InChI=1S/C15H17N3O2S/c1-3-5-18(2)15(20)12-8-10(13(16)19)7-11(9-12)14-17-4-6-21-14/h4,6-9H,3,5H2,1-2H3,(H2,16,19). The van der Waals surface area contributed by atoms with E-state index in [1.165, 1.54) is 17.4 Å². The number of thiazole rings is 1. The van der Waals surface area contributed by atoms with Crippen molar-refractivity contribution in [3.05, 3.63) is 40.9 Å². The maximum atomic E-state index is 12.4. The minimum Gasteiger partial charge on any atom is -0.366 e. The summed E-state index contributed by atoms with van der Waals surface area (Å²) in [5.41, 5.74) is 6.86. The van der Waals surface area contributed by atoms with E-state index in [2.05, 4.69) is 4.98 Å². The minimum absolute atomic E-state index is 0.127. The largest absolute Gasteiger partial charge is 0.366 e. The molecule has 0 aliphatic heterocycles. The zero-order valence-corrected chi connectivity index (χ0v) is 12.8. The number of primary amides is 1. The average molecular weight is 303 g/mol. The molecule has 0 aliphatic carbocycles. The Bertz CT molecular complexity index is 653. The number of aromatic nitrogens is 1. The van der Waals surface area contributed by atoms with Crippen LogP contribution in [0.4, 0.5) is 0 Å². The van der Waals surface area contributed by atoms with Gasteiger partial charge in [0.05, 0.1) is 0 Å². The molecule has 0 atom stereocenters. The first-order valence-corrected chi connectivity index (χ1v) is 7.51. The fraction of sp³-hybridized carbons (Fsp3) is 0.267. The quantitative estimate of drug-likeness (QED) is 0.921. The van der Waals surface area contributed by atoms with Crippen LogP contribution in [-0.2, 0) is 0 Å². The molecule has 0 unspecified atom stereocenters. The van der Waals surface area contributed by atoms with Crippen molar-refractivity contribution in [3.63, 3.8) is 0 Å². The van der Waals surface area contributed by atoms with Crippen LogP contribution in [0.25, 0.3) is 10.6 Å². The average Bonchev–Trinajstić information content (AvgIpc) is 3.00. The molecule has 6 heteroatoms. The number of amides is 2. The molecule has 0 saturated carbocycles. The first-order chi connectivity index (χ1) is 10.0. The van der Waals surface area contributed by atoms with Gasteiger partial charge in [0.2, 0.25) is 5.91 Å². The molecule has 21 heavy (non-hydrogen) atoms. The van der Waals surface area contributed by atoms with E-state index in [0.717, 1.165) is 17.0 Å². The second kappa shape index (κ2) is 6.49. The summed E-state index contributed by atoms with van der Waals surface area (Å²) in [6.45, 7) is 2.66. The maximum Gasteiger partial charge on any atom is 0.253 e. The van der Waals surface area contributed by atoms with Crippen LogP contribution in [0.3, 0.4) is 0 Å². The highest BCUT2D eigenvalue weighted by molar-refractivity contribution is 7.13. The van der Waals surface area contributed by atoms with Gasteiger partial charge in [0, 0.05) is 41.9 Å². The van der Waals surface area contributed by atoms with Crippen LogP contribution < -0.4 is 5.73 Å². The highest BCUT2D eigenvalue weighted by Gasteiger charge is 2.16. The molecule has 0 radical (unpaired) electrons. The molecular weight excluding hydrogens is 286 g/mol. The summed E-state index contributed by atoms with van der Waals surface area (Å²) in [5, 5.41) is 2.60. The molecule has 0 aliphatic rings. The molecule has 0 saturated heterocycles. The van der Waals surface area contributed by atoms with E-state index >= 15 is 0 Å². The number of hydrogen-bond donors (Lipinski definition) is 1. The van der Waals surface area contributed by atoms with Crippen molar-refractivity contribution in [1.82, 2.24) is 9.88 Å². The van der Waals surface area contributed by atoms with Crippen LogP contribution in [0, 0.1) is 0 Å². The van der Waals surface area contributed by atoms with E-state index in [4.69, 9.17) is 5.73 Å². The summed E-state index contributed by atoms with van der Waals surface area (Å²) >= 11 is 1.45. The summed E-state index contributed by atoms with van der Waals surface area (Å²) in [6.07, 6.45) is 2.55. The van der Waals surface area contributed by atoms with Gasteiger partial charge >= 0.3 is 0 Å².